The van der Waals surface area contributed by atoms with Crippen molar-refractivity contribution >= 4 is 0 Å². The first-order valence-corrected chi connectivity index (χ1v) is 6.39. The monoisotopic (exact) mass is 278 g/mol. The van der Waals surface area contributed by atoms with E-state index >= 15 is 0 Å². The normalized spacial score (nSPS) is 11.1. The molecule has 0 unspecified atom stereocenters. The summed E-state index contributed by atoms with van der Waals surface area (Å²) in [5.41, 5.74) is 3.06. The molecular formula is C15H16F2N2O. The van der Waals surface area contributed by atoms with E-state index in [9.17, 15) is 8.78 Å². The Morgan fingerprint density at radius 1 is 1.15 bits per heavy atom. The summed E-state index contributed by atoms with van der Waals surface area (Å²) in [5.74, 6) is 0.365. The molecule has 2 aromatic rings. The van der Waals surface area contributed by atoms with Gasteiger partial charge in [0.1, 0.15) is 0 Å². The van der Waals surface area contributed by atoms with E-state index in [1.165, 1.54) is 17.8 Å². The zero-order valence-electron chi connectivity index (χ0n) is 11.4. The van der Waals surface area contributed by atoms with E-state index in [4.69, 9.17) is 0 Å². The van der Waals surface area contributed by atoms with E-state index < -0.39 is 6.61 Å². The molecule has 0 aliphatic carbocycles. The quantitative estimate of drug-likeness (QED) is 0.834. The van der Waals surface area contributed by atoms with Crippen molar-refractivity contribution in [3.63, 3.8) is 0 Å². The number of pyridine rings is 2. The molecule has 0 spiro atoms. The van der Waals surface area contributed by atoms with E-state index in [1.807, 2.05) is 12.1 Å². The lowest BCUT2D eigenvalue weighted by molar-refractivity contribution is -0.0528. The number of rotatable bonds is 5. The third-order valence-corrected chi connectivity index (χ3v) is 2.90. The Balaban J connectivity index is 2.08. The van der Waals surface area contributed by atoms with Crippen LogP contribution in [0.4, 0.5) is 8.78 Å². The fourth-order valence-corrected chi connectivity index (χ4v) is 1.84. The first-order valence-electron chi connectivity index (χ1n) is 6.39. The van der Waals surface area contributed by atoms with E-state index in [0.29, 0.717) is 12.3 Å². The van der Waals surface area contributed by atoms with Crippen LogP contribution in [-0.2, 0) is 6.42 Å². The van der Waals surface area contributed by atoms with E-state index in [1.54, 1.807) is 12.3 Å². The predicted octanol–water partition coefficient (Wildman–Crippen LogP) is 3.79. The zero-order chi connectivity index (χ0) is 14.5. The average Bonchev–Trinajstić information content (AvgIpc) is 2.41. The van der Waals surface area contributed by atoms with Crippen LogP contribution in [-0.4, -0.2) is 16.6 Å². The van der Waals surface area contributed by atoms with Gasteiger partial charge in [-0.1, -0.05) is 19.9 Å². The van der Waals surface area contributed by atoms with E-state index in [-0.39, 0.29) is 5.88 Å². The molecule has 2 rings (SSSR count). The fraction of sp³-hybridized carbons (Fsp3) is 0.333. The summed E-state index contributed by atoms with van der Waals surface area (Å²) in [7, 11) is 0. The minimum Gasteiger partial charge on any atom is -0.417 e. The Kier molecular flexibility index (Phi) is 4.61. The maximum atomic E-state index is 12.0. The van der Waals surface area contributed by atoms with Crippen LogP contribution >= 0.6 is 0 Å². The lowest BCUT2D eigenvalue weighted by atomic mass is 10.0. The molecule has 5 heteroatoms. The molecule has 0 saturated carbocycles. The number of hydrogen-bond donors (Lipinski definition) is 0. The third-order valence-electron chi connectivity index (χ3n) is 2.90. The van der Waals surface area contributed by atoms with Crippen LogP contribution < -0.4 is 4.74 Å². The summed E-state index contributed by atoms with van der Waals surface area (Å²) >= 11 is 0. The Labute approximate surface area is 116 Å². The maximum absolute atomic E-state index is 12.0. The van der Waals surface area contributed by atoms with Crippen molar-refractivity contribution in [3.8, 4) is 5.88 Å². The lowest BCUT2D eigenvalue weighted by Crippen LogP contribution is -2.03. The largest absolute Gasteiger partial charge is 0.417 e. The lowest BCUT2D eigenvalue weighted by Gasteiger charge is -2.08. The van der Waals surface area contributed by atoms with Gasteiger partial charge in [-0.3, -0.25) is 4.98 Å². The van der Waals surface area contributed by atoms with Gasteiger partial charge in [-0.25, -0.2) is 4.98 Å². The molecule has 0 aliphatic heterocycles. The summed E-state index contributed by atoms with van der Waals surface area (Å²) in [5, 5.41) is 0. The molecule has 0 aliphatic rings. The van der Waals surface area contributed by atoms with Gasteiger partial charge in [0.15, 0.2) is 0 Å². The molecule has 2 aromatic heterocycles. The first-order chi connectivity index (χ1) is 9.54. The molecule has 0 N–H and O–H groups in total. The van der Waals surface area contributed by atoms with Crippen LogP contribution in [0.3, 0.4) is 0 Å². The van der Waals surface area contributed by atoms with Crippen molar-refractivity contribution < 1.29 is 13.5 Å². The van der Waals surface area contributed by atoms with Gasteiger partial charge in [-0.15, -0.1) is 0 Å². The van der Waals surface area contributed by atoms with Crippen molar-refractivity contribution in [1.82, 2.24) is 9.97 Å². The molecule has 0 amide bonds. The summed E-state index contributed by atoms with van der Waals surface area (Å²) in [6.07, 6.45) is 3.93. The SMILES string of the molecule is CC(C)c1ccnc(Cc2ccc(OC(F)F)nc2)c1. The van der Waals surface area contributed by atoms with Crippen molar-refractivity contribution in [2.75, 3.05) is 0 Å². The van der Waals surface area contributed by atoms with Gasteiger partial charge in [0.05, 0.1) is 0 Å². The minimum absolute atomic E-state index is 0.0763. The fourth-order valence-electron chi connectivity index (χ4n) is 1.84. The predicted molar refractivity (Wildman–Crippen MR) is 72.0 cm³/mol. The van der Waals surface area contributed by atoms with Crippen LogP contribution in [0, 0.1) is 0 Å². The molecule has 20 heavy (non-hydrogen) atoms. The highest BCUT2D eigenvalue weighted by Gasteiger charge is 2.06. The molecular weight excluding hydrogens is 262 g/mol. The Morgan fingerprint density at radius 3 is 2.55 bits per heavy atom. The van der Waals surface area contributed by atoms with Gasteiger partial charge < -0.3 is 4.74 Å². The van der Waals surface area contributed by atoms with Crippen molar-refractivity contribution in [2.24, 2.45) is 0 Å². The number of nitrogens with zero attached hydrogens (tertiary/aromatic N) is 2. The second-order valence-corrected chi connectivity index (χ2v) is 4.80. The van der Waals surface area contributed by atoms with Crippen LogP contribution in [0.5, 0.6) is 5.88 Å². The molecule has 0 saturated heterocycles. The highest BCUT2D eigenvalue weighted by molar-refractivity contribution is 5.26. The summed E-state index contributed by atoms with van der Waals surface area (Å²) in [6.45, 7) is 1.40. The molecule has 0 fully saturated rings. The number of aromatic nitrogens is 2. The molecule has 0 radical (unpaired) electrons. The minimum atomic E-state index is -2.85. The zero-order valence-corrected chi connectivity index (χ0v) is 11.4. The van der Waals surface area contributed by atoms with Gasteiger partial charge in [0.2, 0.25) is 5.88 Å². The van der Waals surface area contributed by atoms with E-state index in [0.717, 1.165) is 11.3 Å². The molecule has 106 valence electrons. The van der Waals surface area contributed by atoms with Gasteiger partial charge >= 0.3 is 6.61 Å². The molecule has 0 aromatic carbocycles. The Bertz CT molecular complexity index is 556. The smallest absolute Gasteiger partial charge is 0.388 e. The number of halogens is 2. The highest BCUT2D eigenvalue weighted by atomic mass is 19.3. The number of ether oxygens (including phenoxy) is 1. The standard InChI is InChI=1S/C15H16F2N2O/c1-10(2)12-5-6-18-13(8-12)7-11-3-4-14(19-9-11)20-15(16)17/h3-6,8-10,15H,7H2,1-2H3. The molecule has 0 bridgehead atoms. The molecule has 3 nitrogen and oxygen atoms in total. The van der Waals surface area contributed by atoms with Crippen LogP contribution in [0.15, 0.2) is 36.7 Å². The molecule has 0 atom stereocenters. The number of alkyl halides is 2. The Morgan fingerprint density at radius 2 is 1.95 bits per heavy atom. The maximum Gasteiger partial charge on any atom is 0.388 e. The highest BCUT2D eigenvalue weighted by Crippen LogP contribution is 2.17. The summed E-state index contributed by atoms with van der Waals surface area (Å²) in [6, 6.07) is 7.20. The molecule has 2 heterocycles. The Hall–Kier alpha value is -2.04. The van der Waals surface area contributed by atoms with E-state index in [2.05, 4.69) is 28.6 Å². The van der Waals surface area contributed by atoms with Gasteiger partial charge in [0.25, 0.3) is 0 Å². The third kappa shape index (κ3) is 3.98. The van der Waals surface area contributed by atoms with Crippen LogP contribution in [0.1, 0.15) is 36.6 Å². The summed E-state index contributed by atoms with van der Waals surface area (Å²) < 4.78 is 28.2. The first kappa shape index (κ1) is 14.4. The second kappa shape index (κ2) is 6.41. The van der Waals surface area contributed by atoms with Crippen molar-refractivity contribution in [1.29, 1.82) is 0 Å². The van der Waals surface area contributed by atoms with Gasteiger partial charge in [-0.05, 0) is 29.2 Å². The summed E-state index contributed by atoms with van der Waals surface area (Å²) in [4.78, 5) is 8.15. The van der Waals surface area contributed by atoms with Crippen LogP contribution in [0.2, 0.25) is 0 Å². The van der Waals surface area contributed by atoms with Gasteiger partial charge in [0, 0.05) is 30.6 Å². The van der Waals surface area contributed by atoms with Crippen molar-refractivity contribution in [3.05, 3.63) is 53.5 Å². The average molecular weight is 278 g/mol. The van der Waals surface area contributed by atoms with Crippen molar-refractivity contribution in [2.45, 2.75) is 32.8 Å². The topological polar surface area (TPSA) is 35.0 Å². The number of hydrogen-bond acceptors (Lipinski definition) is 3. The van der Waals surface area contributed by atoms with Crippen LogP contribution in [0.25, 0.3) is 0 Å². The van der Waals surface area contributed by atoms with Gasteiger partial charge in [-0.2, -0.15) is 8.78 Å². The second-order valence-electron chi connectivity index (χ2n) is 4.80.